The summed E-state index contributed by atoms with van der Waals surface area (Å²) in [4.78, 5) is 4.36. The highest BCUT2D eigenvalue weighted by Gasteiger charge is 2.06. The molecule has 0 saturated heterocycles. The fourth-order valence-electron chi connectivity index (χ4n) is 1.72. The first kappa shape index (κ1) is 13.1. The molecule has 0 fully saturated rings. The van der Waals surface area contributed by atoms with Crippen molar-refractivity contribution in [3.63, 3.8) is 0 Å². The van der Waals surface area contributed by atoms with Crippen molar-refractivity contribution in [2.75, 3.05) is 0 Å². The van der Waals surface area contributed by atoms with Crippen molar-refractivity contribution in [3.05, 3.63) is 52.7 Å². The Morgan fingerprint density at radius 3 is 2.56 bits per heavy atom. The minimum Gasteiger partial charge on any atom is -0.438 e. The fraction of sp³-hybridized carbons (Fsp3) is 0.267. The molecular weight excluding hydrogens is 290 g/mol. The molecule has 0 unspecified atom stereocenters. The topological polar surface area (TPSA) is 22.1 Å². The van der Waals surface area contributed by atoms with Crippen molar-refractivity contribution in [3.8, 4) is 11.6 Å². The zero-order valence-electron chi connectivity index (χ0n) is 10.8. The Morgan fingerprint density at radius 1 is 1.11 bits per heavy atom. The second-order valence-corrected chi connectivity index (χ2v) is 5.03. The van der Waals surface area contributed by atoms with Crippen molar-refractivity contribution in [2.45, 2.75) is 26.1 Å². The van der Waals surface area contributed by atoms with Gasteiger partial charge in [0.25, 0.3) is 0 Å². The molecule has 2 aromatic rings. The van der Waals surface area contributed by atoms with Crippen molar-refractivity contribution in [1.82, 2.24) is 4.98 Å². The third-order valence-corrected chi connectivity index (χ3v) is 3.44. The number of nitrogens with zero attached hydrogens (tertiary/aromatic N) is 1. The maximum Gasteiger partial charge on any atom is 0.222 e. The van der Waals surface area contributed by atoms with Crippen LogP contribution in [0.2, 0.25) is 0 Å². The van der Waals surface area contributed by atoms with E-state index in [1.165, 1.54) is 5.56 Å². The highest BCUT2D eigenvalue weighted by molar-refractivity contribution is 9.08. The smallest absolute Gasteiger partial charge is 0.222 e. The third kappa shape index (κ3) is 2.91. The number of pyridine rings is 1. The number of benzene rings is 1. The summed E-state index contributed by atoms with van der Waals surface area (Å²) in [5.41, 5.74) is 4.50. The molecule has 0 radical (unpaired) electrons. The lowest BCUT2D eigenvalue weighted by molar-refractivity contribution is 0.455. The van der Waals surface area contributed by atoms with E-state index in [9.17, 15) is 0 Å². The second-order valence-electron chi connectivity index (χ2n) is 4.47. The van der Waals surface area contributed by atoms with Crippen molar-refractivity contribution in [2.24, 2.45) is 0 Å². The van der Waals surface area contributed by atoms with Gasteiger partial charge in [0.15, 0.2) is 0 Å². The van der Waals surface area contributed by atoms with Gasteiger partial charge in [0, 0.05) is 17.1 Å². The summed E-state index contributed by atoms with van der Waals surface area (Å²) < 4.78 is 5.89. The van der Waals surface area contributed by atoms with E-state index in [4.69, 9.17) is 4.74 Å². The predicted molar refractivity (Wildman–Crippen MR) is 77.6 cm³/mol. The number of alkyl halides is 1. The van der Waals surface area contributed by atoms with Crippen LogP contribution in [0, 0.1) is 20.8 Å². The number of aromatic nitrogens is 1. The van der Waals surface area contributed by atoms with E-state index in [0.29, 0.717) is 5.88 Å². The standard InChI is InChI=1S/C15H16BrNO/c1-10-4-5-11(2)14(6-10)18-15-12(3)7-13(8-16)9-17-15/h4-7,9H,8H2,1-3H3. The molecule has 0 aliphatic heterocycles. The molecule has 2 nitrogen and oxygen atoms in total. The molecule has 0 amide bonds. The molecule has 1 heterocycles. The first-order valence-corrected chi connectivity index (χ1v) is 6.99. The van der Waals surface area contributed by atoms with Crippen molar-refractivity contribution in [1.29, 1.82) is 0 Å². The molecule has 1 aromatic heterocycles. The summed E-state index contributed by atoms with van der Waals surface area (Å²) in [6, 6.07) is 8.26. The van der Waals surface area contributed by atoms with Gasteiger partial charge >= 0.3 is 0 Å². The van der Waals surface area contributed by atoms with Gasteiger partial charge in [-0.3, -0.25) is 0 Å². The van der Waals surface area contributed by atoms with Gasteiger partial charge in [0.2, 0.25) is 5.88 Å². The molecule has 18 heavy (non-hydrogen) atoms. The Balaban J connectivity index is 2.31. The number of hydrogen-bond acceptors (Lipinski definition) is 2. The summed E-state index contributed by atoms with van der Waals surface area (Å²) in [6.07, 6.45) is 1.84. The molecule has 0 N–H and O–H groups in total. The van der Waals surface area contributed by atoms with Gasteiger partial charge in [-0.25, -0.2) is 4.98 Å². The van der Waals surface area contributed by atoms with Crippen molar-refractivity contribution >= 4 is 15.9 Å². The first-order chi connectivity index (χ1) is 8.60. The van der Waals surface area contributed by atoms with Crippen LogP contribution in [0.25, 0.3) is 0 Å². The van der Waals surface area contributed by atoms with Crippen LogP contribution in [-0.4, -0.2) is 4.98 Å². The van der Waals surface area contributed by atoms with Crippen LogP contribution in [0.15, 0.2) is 30.5 Å². The number of ether oxygens (including phenoxy) is 1. The Morgan fingerprint density at radius 2 is 1.89 bits per heavy atom. The Kier molecular flexibility index (Phi) is 4.02. The van der Waals surface area contributed by atoms with Crippen LogP contribution in [-0.2, 0) is 5.33 Å². The van der Waals surface area contributed by atoms with E-state index in [1.807, 2.05) is 26.1 Å². The molecule has 0 saturated carbocycles. The van der Waals surface area contributed by atoms with Gasteiger partial charge in [-0.1, -0.05) is 28.1 Å². The van der Waals surface area contributed by atoms with Gasteiger partial charge < -0.3 is 4.74 Å². The van der Waals surface area contributed by atoms with E-state index in [-0.39, 0.29) is 0 Å². The highest BCUT2D eigenvalue weighted by atomic mass is 79.9. The minimum absolute atomic E-state index is 0.674. The van der Waals surface area contributed by atoms with Crippen LogP contribution in [0.3, 0.4) is 0 Å². The number of aryl methyl sites for hydroxylation is 3. The Hall–Kier alpha value is -1.35. The maximum atomic E-state index is 5.89. The molecule has 0 spiro atoms. The monoisotopic (exact) mass is 305 g/mol. The average Bonchev–Trinajstić information content (AvgIpc) is 2.36. The van der Waals surface area contributed by atoms with E-state index in [2.05, 4.69) is 46.0 Å². The lowest BCUT2D eigenvalue weighted by Gasteiger charge is -2.11. The SMILES string of the molecule is Cc1ccc(C)c(Oc2ncc(CBr)cc2C)c1. The lowest BCUT2D eigenvalue weighted by atomic mass is 10.1. The van der Waals surface area contributed by atoms with E-state index < -0.39 is 0 Å². The molecule has 94 valence electrons. The van der Waals surface area contributed by atoms with Crippen LogP contribution in [0.4, 0.5) is 0 Å². The Bertz CT molecular complexity index is 566. The fourth-order valence-corrected chi connectivity index (χ4v) is 2.03. The zero-order valence-corrected chi connectivity index (χ0v) is 12.4. The Labute approximate surface area is 116 Å². The van der Waals surface area contributed by atoms with Crippen LogP contribution >= 0.6 is 15.9 Å². The van der Waals surface area contributed by atoms with Gasteiger partial charge in [-0.15, -0.1) is 0 Å². The average molecular weight is 306 g/mol. The molecule has 2 rings (SSSR count). The van der Waals surface area contributed by atoms with Gasteiger partial charge in [0.1, 0.15) is 5.75 Å². The molecular formula is C15H16BrNO. The summed E-state index contributed by atoms with van der Waals surface area (Å²) in [7, 11) is 0. The lowest BCUT2D eigenvalue weighted by Crippen LogP contribution is -1.95. The van der Waals surface area contributed by atoms with E-state index >= 15 is 0 Å². The number of rotatable bonds is 3. The zero-order chi connectivity index (χ0) is 13.1. The van der Waals surface area contributed by atoms with Crippen LogP contribution < -0.4 is 4.74 Å². The quantitative estimate of drug-likeness (QED) is 0.767. The molecule has 1 aromatic carbocycles. The first-order valence-electron chi connectivity index (χ1n) is 5.86. The number of halogens is 1. The van der Waals surface area contributed by atoms with E-state index in [1.54, 1.807) is 0 Å². The summed E-state index contributed by atoms with van der Waals surface area (Å²) in [5, 5.41) is 0.810. The minimum atomic E-state index is 0.674. The summed E-state index contributed by atoms with van der Waals surface area (Å²) in [6.45, 7) is 6.11. The second kappa shape index (κ2) is 5.53. The molecule has 0 aliphatic rings. The van der Waals surface area contributed by atoms with Gasteiger partial charge in [-0.05, 0) is 49.6 Å². The highest BCUT2D eigenvalue weighted by Crippen LogP contribution is 2.27. The summed E-state index contributed by atoms with van der Waals surface area (Å²) in [5.74, 6) is 1.55. The van der Waals surface area contributed by atoms with E-state index in [0.717, 1.165) is 27.8 Å². The maximum absolute atomic E-state index is 5.89. The van der Waals surface area contributed by atoms with Crippen LogP contribution in [0.5, 0.6) is 11.6 Å². The predicted octanol–water partition coefficient (Wildman–Crippen LogP) is 4.69. The van der Waals surface area contributed by atoms with Crippen LogP contribution in [0.1, 0.15) is 22.3 Å². The normalized spacial score (nSPS) is 10.4. The molecule has 3 heteroatoms. The largest absolute Gasteiger partial charge is 0.438 e. The van der Waals surface area contributed by atoms with Gasteiger partial charge in [-0.2, -0.15) is 0 Å². The third-order valence-electron chi connectivity index (χ3n) is 2.79. The molecule has 0 atom stereocenters. The van der Waals surface area contributed by atoms with Crippen molar-refractivity contribution < 1.29 is 4.74 Å². The summed E-state index contributed by atoms with van der Waals surface area (Å²) >= 11 is 3.42. The molecule has 0 aliphatic carbocycles. The van der Waals surface area contributed by atoms with Gasteiger partial charge in [0.05, 0.1) is 0 Å². The molecule has 0 bridgehead atoms. The number of hydrogen-bond donors (Lipinski definition) is 0.